The lowest BCUT2D eigenvalue weighted by Crippen LogP contribution is -2.65. The Bertz CT molecular complexity index is 1350. The number of nitrogens with zero attached hydrogens (tertiary/aromatic N) is 1. The van der Waals surface area contributed by atoms with Crippen LogP contribution in [0.4, 0.5) is 10.2 Å². The van der Waals surface area contributed by atoms with Crippen LogP contribution in [-0.2, 0) is 26.2 Å². The van der Waals surface area contributed by atoms with E-state index in [1.54, 1.807) is 6.92 Å². The van der Waals surface area contributed by atoms with Crippen molar-refractivity contribution in [3.05, 3.63) is 22.9 Å². The van der Waals surface area contributed by atoms with Gasteiger partial charge in [-0.05, 0) is 104 Å². The maximum absolute atomic E-state index is 15.6. The number of Topliss-reactive ketones (excluding diaryl/α,β-unsaturated/α-hetero) is 1. The Labute approximate surface area is 251 Å². The summed E-state index contributed by atoms with van der Waals surface area (Å²) in [6, 6.07) is 0. The summed E-state index contributed by atoms with van der Waals surface area (Å²) in [6.07, 6.45) is 8.22. The summed E-state index contributed by atoms with van der Waals surface area (Å²) in [5.41, 5.74) is 9.35. The molecule has 3 saturated carbocycles. The summed E-state index contributed by atoms with van der Waals surface area (Å²) in [7, 11) is 0. The molecule has 1 heterocycles. The van der Waals surface area contributed by atoms with Gasteiger partial charge in [0.1, 0.15) is 5.82 Å². The fourth-order valence-corrected chi connectivity index (χ4v) is 11.7. The molecule has 42 heavy (non-hydrogen) atoms. The number of aromatic nitrogens is 2. The zero-order chi connectivity index (χ0) is 30.7. The standard InChI is InChI=1S/C35H52FN3O3/c1-9-42-29(41)25(36)27(40)35-16-14-30(2,3)19-22(35)21-10-11-24-32(6)18-20-26(38-39-28(20)37)31(4,5)23(32)12-13-34(24,8)33(21,7)15-17-35/h10,22-25H,9,11-19H2,1-8H3,(H3,37,38,39)/t22?,23?,24?,25?,32-,33+,34+,35-/m0/s1. The van der Waals surface area contributed by atoms with Gasteiger partial charge in [-0.2, -0.15) is 5.10 Å². The molecule has 0 aromatic carbocycles. The highest BCUT2D eigenvalue weighted by molar-refractivity contribution is 6.05. The van der Waals surface area contributed by atoms with Crippen LogP contribution in [0.3, 0.4) is 0 Å². The van der Waals surface area contributed by atoms with Crippen LogP contribution in [0.1, 0.15) is 118 Å². The van der Waals surface area contributed by atoms with E-state index in [9.17, 15) is 9.59 Å². The van der Waals surface area contributed by atoms with Crippen molar-refractivity contribution in [1.82, 2.24) is 10.2 Å². The van der Waals surface area contributed by atoms with Crippen LogP contribution in [0.5, 0.6) is 0 Å². The minimum absolute atomic E-state index is 0.0292. The minimum atomic E-state index is -2.21. The van der Waals surface area contributed by atoms with E-state index in [0.717, 1.165) is 44.9 Å². The summed E-state index contributed by atoms with van der Waals surface area (Å²) in [4.78, 5) is 26.5. The predicted octanol–water partition coefficient (Wildman–Crippen LogP) is 7.28. The van der Waals surface area contributed by atoms with Crippen molar-refractivity contribution in [3.8, 4) is 0 Å². The smallest absolute Gasteiger partial charge is 0.348 e. The van der Waals surface area contributed by atoms with Crippen LogP contribution in [0.2, 0.25) is 0 Å². The number of aromatic amines is 1. The van der Waals surface area contributed by atoms with Crippen molar-refractivity contribution in [2.75, 3.05) is 12.3 Å². The van der Waals surface area contributed by atoms with Gasteiger partial charge < -0.3 is 10.5 Å². The lowest BCUT2D eigenvalue weighted by molar-refractivity contribution is -0.172. The van der Waals surface area contributed by atoms with Crippen molar-refractivity contribution in [2.45, 2.75) is 125 Å². The number of carbonyl (C=O) groups excluding carboxylic acids is 2. The number of ether oxygens (including phenoxy) is 1. The maximum atomic E-state index is 15.6. The van der Waals surface area contributed by atoms with Crippen LogP contribution >= 0.6 is 0 Å². The van der Waals surface area contributed by atoms with Gasteiger partial charge in [0.2, 0.25) is 0 Å². The second kappa shape index (κ2) is 9.17. The fraction of sp³-hybridized carbons (Fsp3) is 0.800. The molecule has 1 aromatic heterocycles. The molecule has 232 valence electrons. The lowest BCUT2D eigenvalue weighted by Gasteiger charge is -2.70. The number of hydrogen-bond donors (Lipinski definition) is 2. The number of allylic oxidation sites excluding steroid dienone is 2. The highest BCUT2D eigenvalue weighted by atomic mass is 19.1. The van der Waals surface area contributed by atoms with Crippen molar-refractivity contribution >= 4 is 17.6 Å². The second-order valence-electron chi connectivity index (χ2n) is 16.7. The Morgan fingerprint density at radius 1 is 1.07 bits per heavy atom. The monoisotopic (exact) mass is 581 g/mol. The molecule has 5 aliphatic rings. The fourth-order valence-electron chi connectivity index (χ4n) is 11.7. The van der Waals surface area contributed by atoms with Crippen molar-refractivity contribution in [2.24, 2.45) is 44.8 Å². The average Bonchev–Trinajstić information content (AvgIpc) is 3.28. The Morgan fingerprint density at radius 2 is 1.76 bits per heavy atom. The Balaban J connectivity index is 1.44. The topological polar surface area (TPSA) is 98.1 Å². The minimum Gasteiger partial charge on any atom is -0.463 e. The number of rotatable bonds is 4. The molecule has 0 radical (unpaired) electrons. The molecule has 3 fully saturated rings. The zero-order valence-corrected chi connectivity index (χ0v) is 27.1. The molecule has 0 aliphatic heterocycles. The lowest BCUT2D eigenvalue weighted by atomic mass is 9.33. The van der Waals surface area contributed by atoms with E-state index in [1.165, 1.54) is 16.8 Å². The van der Waals surface area contributed by atoms with E-state index in [2.05, 4.69) is 64.7 Å². The highest BCUT2D eigenvalue weighted by Crippen LogP contribution is 2.75. The predicted molar refractivity (Wildman–Crippen MR) is 162 cm³/mol. The molecular formula is C35H52FN3O3. The van der Waals surface area contributed by atoms with Gasteiger partial charge >= 0.3 is 5.97 Å². The summed E-state index contributed by atoms with van der Waals surface area (Å²) < 4.78 is 20.5. The second-order valence-corrected chi connectivity index (χ2v) is 16.7. The van der Waals surface area contributed by atoms with Gasteiger partial charge in [-0.3, -0.25) is 9.89 Å². The number of nitrogen functional groups attached to an aromatic ring is 1. The van der Waals surface area contributed by atoms with Crippen LogP contribution in [0.25, 0.3) is 0 Å². The molecule has 4 unspecified atom stereocenters. The SMILES string of the molecule is CCOC(=O)C(F)C(=O)[C@]12CCC(C)(C)CC1C1=CCC3[C@@]4(C)Cc5c(N)n[nH]c5C(C)(C)C4CC[C@@]3(C)[C@]1(C)CC2. The Kier molecular flexibility index (Phi) is 6.52. The quantitative estimate of drug-likeness (QED) is 0.221. The van der Waals surface area contributed by atoms with Gasteiger partial charge in [0.25, 0.3) is 6.17 Å². The molecule has 0 bridgehead atoms. The number of nitrogens with two attached hydrogens (primary N) is 1. The van der Waals surface area contributed by atoms with Crippen molar-refractivity contribution in [3.63, 3.8) is 0 Å². The first-order valence-corrected chi connectivity index (χ1v) is 16.4. The van der Waals surface area contributed by atoms with Gasteiger partial charge in [0.15, 0.2) is 5.78 Å². The van der Waals surface area contributed by atoms with Crippen molar-refractivity contribution in [1.29, 1.82) is 0 Å². The summed E-state index contributed by atoms with van der Waals surface area (Å²) in [5.74, 6) is -0.0264. The molecule has 3 N–H and O–H groups in total. The molecule has 5 aliphatic carbocycles. The number of esters is 1. The molecule has 8 atom stereocenters. The van der Waals surface area contributed by atoms with E-state index < -0.39 is 23.3 Å². The normalized spacial score (nSPS) is 42.0. The number of fused-ring (bicyclic) bond motifs is 8. The Hall–Kier alpha value is -2.18. The number of ketones is 1. The molecule has 6 rings (SSSR count). The van der Waals surface area contributed by atoms with Gasteiger partial charge in [0.05, 0.1) is 6.61 Å². The number of alkyl halides is 1. The summed E-state index contributed by atoms with van der Waals surface area (Å²) in [5, 5.41) is 7.75. The molecular weight excluding hydrogens is 529 g/mol. The highest BCUT2D eigenvalue weighted by Gasteiger charge is 2.69. The van der Waals surface area contributed by atoms with E-state index in [1.807, 2.05) is 0 Å². The third-order valence-electron chi connectivity index (χ3n) is 14.1. The zero-order valence-electron chi connectivity index (χ0n) is 27.1. The molecule has 1 aromatic rings. The molecule has 7 heteroatoms. The van der Waals surface area contributed by atoms with Gasteiger partial charge in [-0.25, -0.2) is 9.18 Å². The van der Waals surface area contributed by atoms with E-state index in [4.69, 9.17) is 10.5 Å². The van der Waals surface area contributed by atoms with E-state index in [-0.39, 0.29) is 39.6 Å². The average molecular weight is 582 g/mol. The first kappa shape index (κ1) is 29.9. The number of H-pyrrole nitrogens is 1. The van der Waals surface area contributed by atoms with Crippen molar-refractivity contribution < 1.29 is 18.7 Å². The molecule has 0 spiro atoms. The molecule has 0 saturated heterocycles. The first-order chi connectivity index (χ1) is 19.5. The van der Waals surface area contributed by atoms with Crippen LogP contribution in [-0.4, -0.2) is 34.7 Å². The third-order valence-corrected chi connectivity index (χ3v) is 14.1. The number of hydrogen-bond acceptors (Lipinski definition) is 5. The summed E-state index contributed by atoms with van der Waals surface area (Å²) >= 11 is 0. The van der Waals surface area contributed by atoms with Gasteiger partial charge in [-0.15, -0.1) is 0 Å². The van der Waals surface area contributed by atoms with Crippen LogP contribution < -0.4 is 5.73 Å². The van der Waals surface area contributed by atoms with Gasteiger partial charge in [-0.1, -0.05) is 60.1 Å². The summed E-state index contributed by atoms with van der Waals surface area (Å²) in [6.45, 7) is 18.5. The van der Waals surface area contributed by atoms with Crippen LogP contribution in [0.15, 0.2) is 11.6 Å². The van der Waals surface area contributed by atoms with Crippen LogP contribution in [0, 0.1) is 44.8 Å². The largest absolute Gasteiger partial charge is 0.463 e. The number of anilines is 1. The maximum Gasteiger partial charge on any atom is 0.348 e. The van der Waals surface area contributed by atoms with E-state index in [0.29, 0.717) is 30.5 Å². The Morgan fingerprint density at radius 3 is 2.45 bits per heavy atom. The van der Waals surface area contributed by atoms with E-state index >= 15 is 4.39 Å². The van der Waals surface area contributed by atoms with Gasteiger partial charge in [0, 0.05) is 22.1 Å². The first-order valence-electron chi connectivity index (χ1n) is 16.4. The third kappa shape index (κ3) is 3.69. The number of carbonyl (C=O) groups is 2. The molecule has 0 amide bonds. The molecule has 6 nitrogen and oxygen atoms in total. The number of nitrogens with one attached hydrogen (secondary N) is 1. The number of halogens is 1.